The maximum atomic E-state index is 13.4. The molecule has 2 N–H and O–H groups in total. The van der Waals surface area contributed by atoms with E-state index in [1.807, 2.05) is 14.0 Å². The Morgan fingerprint density at radius 3 is 2.56 bits per heavy atom. The molecule has 0 radical (unpaired) electrons. The van der Waals surface area contributed by atoms with E-state index < -0.39 is 5.92 Å². The molecule has 0 saturated heterocycles. The van der Waals surface area contributed by atoms with Gasteiger partial charge in [0.05, 0.1) is 17.9 Å². The molecule has 4 rings (SSSR count). The van der Waals surface area contributed by atoms with Crippen molar-refractivity contribution < 1.29 is 8.78 Å². The molecule has 1 unspecified atom stereocenters. The quantitative estimate of drug-likeness (QED) is 0.918. The third kappa shape index (κ3) is 3.19. The summed E-state index contributed by atoms with van der Waals surface area (Å²) in [6.07, 6.45) is 4.82. The summed E-state index contributed by atoms with van der Waals surface area (Å²) in [5.41, 5.74) is 7.86. The molecule has 0 aromatic carbocycles. The Bertz CT molecular complexity index is 775. The summed E-state index contributed by atoms with van der Waals surface area (Å²) in [5, 5.41) is 4.55. The van der Waals surface area contributed by atoms with Crippen LogP contribution in [-0.4, -0.2) is 38.6 Å². The van der Waals surface area contributed by atoms with Gasteiger partial charge in [0.1, 0.15) is 5.69 Å². The highest BCUT2D eigenvalue weighted by atomic mass is 19.3. The molecule has 8 heteroatoms. The molecule has 0 spiro atoms. The second-order valence-corrected chi connectivity index (χ2v) is 7.49. The van der Waals surface area contributed by atoms with Crippen molar-refractivity contribution in [1.29, 1.82) is 0 Å². The van der Waals surface area contributed by atoms with Crippen LogP contribution in [0.1, 0.15) is 56.0 Å². The first kappa shape index (κ1) is 16.6. The number of fused-ring (bicyclic) bond motifs is 1. The predicted octanol–water partition coefficient (Wildman–Crippen LogP) is 2.86. The van der Waals surface area contributed by atoms with Gasteiger partial charge in [-0.05, 0) is 38.5 Å². The fourth-order valence-corrected chi connectivity index (χ4v) is 3.70. The number of aromatic nitrogens is 4. The Morgan fingerprint density at radius 2 is 1.92 bits per heavy atom. The Hall–Kier alpha value is -1.83. The van der Waals surface area contributed by atoms with Gasteiger partial charge in [-0.3, -0.25) is 0 Å². The smallest absolute Gasteiger partial charge is 0.252 e. The first-order valence-corrected chi connectivity index (χ1v) is 8.94. The minimum absolute atomic E-state index is 0.0271. The zero-order chi connectivity index (χ0) is 17.8. The number of hydrogen-bond acceptors (Lipinski definition) is 5. The van der Waals surface area contributed by atoms with Gasteiger partial charge in [0.15, 0.2) is 5.82 Å². The lowest BCUT2D eigenvalue weighted by atomic mass is 9.81. The number of aryl methyl sites for hydroxylation is 1. The van der Waals surface area contributed by atoms with Gasteiger partial charge in [-0.1, -0.05) is 0 Å². The lowest BCUT2D eigenvalue weighted by molar-refractivity contribution is -0.0484. The SMILES string of the molecule is Cc1nn2cc(C(N)C3CCC(F)(F)CC3)nc2nc1N(C)C1CC1. The van der Waals surface area contributed by atoms with Crippen molar-refractivity contribution in [3.8, 4) is 0 Å². The summed E-state index contributed by atoms with van der Waals surface area (Å²) in [6.45, 7) is 1.93. The molecule has 2 fully saturated rings. The highest BCUT2D eigenvalue weighted by molar-refractivity contribution is 5.49. The maximum Gasteiger partial charge on any atom is 0.252 e. The molecule has 6 nitrogen and oxygen atoms in total. The molecule has 2 aliphatic rings. The third-order valence-corrected chi connectivity index (χ3v) is 5.52. The third-order valence-electron chi connectivity index (χ3n) is 5.52. The van der Waals surface area contributed by atoms with Crippen LogP contribution in [0.15, 0.2) is 6.20 Å². The summed E-state index contributed by atoms with van der Waals surface area (Å²) in [5.74, 6) is -1.16. The van der Waals surface area contributed by atoms with Crippen LogP contribution in [0, 0.1) is 12.8 Å². The van der Waals surface area contributed by atoms with Crippen LogP contribution in [0.4, 0.5) is 14.6 Å². The van der Waals surface area contributed by atoms with Crippen molar-refractivity contribution >= 4 is 11.6 Å². The summed E-state index contributed by atoms with van der Waals surface area (Å²) in [7, 11) is 2.03. The van der Waals surface area contributed by atoms with E-state index in [0.29, 0.717) is 30.4 Å². The number of rotatable bonds is 4. The summed E-state index contributed by atoms with van der Waals surface area (Å²) in [4.78, 5) is 11.3. The normalized spacial score (nSPS) is 22.3. The summed E-state index contributed by atoms with van der Waals surface area (Å²) >= 11 is 0. The average molecular weight is 350 g/mol. The first-order chi connectivity index (χ1) is 11.8. The van der Waals surface area contributed by atoms with Crippen LogP contribution in [0.5, 0.6) is 0 Å². The Labute approximate surface area is 145 Å². The molecular formula is C17H24F2N6. The first-order valence-electron chi connectivity index (χ1n) is 8.94. The molecule has 2 aliphatic carbocycles. The molecule has 0 amide bonds. The van der Waals surface area contributed by atoms with Gasteiger partial charge < -0.3 is 10.6 Å². The number of alkyl halides is 2. The van der Waals surface area contributed by atoms with Gasteiger partial charge in [-0.2, -0.15) is 10.1 Å². The molecule has 2 aromatic heterocycles. The predicted molar refractivity (Wildman–Crippen MR) is 90.8 cm³/mol. The van der Waals surface area contributed by atoms with Gasteiger partial charge in [-0.15, -0.1) is 0 Å². The van der Waals surface area contributed by atoms with Gasteiger partial charge in [0.25, 0.3) is 5.78 Å². The van der Waals surface area contributed by atoms with Gasteiger partial charge >= 0.3 is 0 Å². The zero-order valence-corrected chi connectivity index (χ0v) is 14.6. The van der Waals surface area contributed by atoms with Crippen LogP contribution in [0.25, 0.3) is 5.78 Å². The summed E-state index contributed by atoms with van der Waals surface area (Å²) < 4.78 is 28.4. The maximum absolute atomic E-state index is 13.4. The van der Waals surface area contributed by atoms with E-state index in [2.05, 4.69) is 20.0 Å². The topological polar surface area (TPSA) is 72.3 Å². The van der Waals surface area contributed by atoms with Crippen molar-refractivity contribution in [2.45, 2.75) is 63.5 Å². The number of nitrogens with zero attached hydrogens (tertiary/aromatic N) is 5. The Morgan fingerprint density at radius 1 is 1.24 bits per heavy atom. The summed E-state index contributed by atoms with van der Waals surface area (Å²) in [6, 6.07) is 0.181. The Balaban J connectivity index is 1.58. The van der Waals surface area contributed by atoms with Crippen molar-refractivity contribution in [3.63, 3.8) is 0 Å². The molecular weight excluding hydrogens is 326 g/mol. The molecule has 2 aromatic rings. The molecule has 136 valence electrons. The van der Waals surface area contributed by atoms with E-state index >= 15 is 0 Å². The van der Waals surface area contributed by atoms with Crippen LogP contribution in [0.2, 0.25) is 0 Å². The van der Waals surface area contributed by atoms with Gasteiger partial charge in [0.2, 0.25) is 5.92 Å². The van der Waals surface area contributed by atoms with Crippen molar-refractivity contribution in [3.05, 3.63) is 17.6 Å². The molecule has 1 atom stereocenters. The van der Waals surface area contributed by atoms with Crippen molar-refractivity contribution in [2.24, 2.45) is 11.7 Å². The standard InChI is InChI=1S/C17H24F2N6/c1-10-15(24(2)12-3-4-12)22-16-21-13(9-25(16)23-10)14(20)11-5-7-17(18,19)8-6-11/h9,11-12,14H,3-8,20H2,1-2H3. The van der Waals surface area contributed by atoms with Crippen molar-refractivity contribution in [2.75, 3.05) is 11.9 Å². The fourth-order valence-electron chi connectivity index (χ4n) is 3.70. The molecule has 2 heterocycles. The second-order valence-electron chi connectivity index (χ2n) is 7.49. The Kier molecular flexibility index (Phi) is 3.90. The molecule has 0 bridgehead atoms. The van der Waals surface area contributed by atoms with Gasteiger partial charge in [0, 0.05) is 25.9 Å². The van der Waals surface area contributed by atoms with Crippen LogP contribution in [0.3, 0.4) is 0 Å². The lowest BCUT2D eigenvalue weighted by Crippen LogP contribution is -2.31. The largest absolute Gasteiger partial charge is 0.355 e. The van der Waals surface area contributed by atoms with Crippen molar-refractivity contribution in [1.82, 2.24) is 19.6 Å². The van der Waals surface area contributed by atoms with Gasteiger partial charge in [-0.25, -0.2) is 18.3 Å². The van der Waals surface area contributed by atoms with E-state index in [0.717, 1.165) is 11.5 Å². The lowest BCUT2D eigenvalue weighted by Gasteiger charge is -2.31. The number of imidazole rings is 1. The van der Waals surface area contributed by atoms with Crippen LogP contribution in [-0.2, 0) is 0 Å². The highest BCUT2D eigenvalue weighted by Crippen LogP contribution is 2.40. The number of nitrogens with two attached hydrogens (primary N) is 1. The number of halogens is 2. The number of hydrogen-bond donors (Lipinski definition) is 1. The van der Waals surface area contributed by atoms with E-state index in [1.165, 1.54) is 12.8 Å². The second kappa shape index (κ2) is 5.86. The zero-order valence-electron chi connectivity index (χ0n) is 14.6. The van der Waals surface area contributed by atoms with Crippen LogP contribution < -0.4 is 10.6 Å². The van der Waals surface area contributed by atoms with E-state index in [1.54, 1.807) is 10.7 Å². The minimum atomic E-state index is -2.54. The molecule has 2 saturated carbocycles. The van der Waals surface area contributed by atoms with Crippen LogP contribution >= 0.6 is 0 Å². The van der Waals surface area contributed by atoms with E-state index in [9.17, 15) is 8.78 Å². The monoisotopic (exact) mass is 350 g/mol. The highest BCUT2D eigenvalue weighted by Gasteiger charge is 2.37. The minimum Gasteiger partial charge on any atom is -0.355 e. The average Bonchev–Trinajstić information content (AvgIpc) is 3.33. The molecule has 0 aliphatic heterocycles. The fraction of sp³-hybridized carbons (Fsp3) is 0.706. The number of anilines is 1. The van der Waals surface area contributed by atoms with E-state index in [-0.39, 0.29) is 24.8 Å². The van der Waals surface area contributed by atoms with E-state index in [4.69, 9.17) is 5.73 Å². The molecule has 25 heavy (non-hydrogen) atoms.